The van der Waals surface area contributed by atoms with Crippen molar-refractivity contribution in [2.24, 2.45) is 0 Å². The first kappa shape index (κ1) is 17.9. The summed E-state index contributed by atoms with van der Waals surface area (Å²) >= 11 is -1.90. The van der Waals surface area contributed by atoms with Gasteiger partial charge in [0.15, 0.2) is 11.1 Å². The van der Waals surface area contributed by atoms with Gasteiger partial charge in [0.25, 0.3) is 0 Å². The van der Waals surface area contributed by atoms with E-state index in [0.717, 1.165) is 5.56 Å². The first-order valence-corrected chi connectivity index (χ1v) is 8.12. The van der Waals surface area contributed by atoms with E-state index in [2.05, 4.69) is 4.18 Å². The Bertz CT molecular complexity index is 611. The molecule has 0 saturated carbocycles. The Kier molecular flexibility index (Phi) is 6.55. The third-order valence-corrected chi connectivity index (χ3v) is 3.89. The summed E-state index contributed by atoms with van der Waals surface area (Å²) in [6.45, 7) is 1.04. The maximum atomic E-state index is 12.0. The molecule has 0 aliphatic heterocycles. The third-order valence-electron chi connectivity index (χ3n) is 2.37. The number of benzene rings is 1. The lowest BCUT2D eigenvalue weighted by Gasteiger charge is -2.12. The first-order valence-electron chi connectivity index (χ1n) is 5.68. The molecule has 0 bridgehead atoms. The van der Waals surface area contributed by atoms with Gasteiger partial charge >= 0.3 is 10.4 Å². The molecule has 1 rings (SSSR count). The summed E-state index contributed by atoms with van der Waals surface area (Å²) in [5, 5.41) is 0. The van der Waals surface area contributed by atoms with E-state index in [-0.39, 0.29) is 11.5 Å². The number of methoxy groups -OCH3 is 2. The van der Waals surface area contributed by atoms with E-state index in [4.69, 9.17) is 18.2 Å². The number of rotatable bonds is 8. The smallest absolute Gasteiger partial charge is 0.397 e. The molecule has 0 aliphatic carbocycles. The van der Waals surface area contributed by atoms with Crippen molar-refractivity contribution < 1.29 is 35.0 Å². The van der Waals surface area contributed by atoms with Crippen LogP contribution >= 0.6 is 0 Å². The molecule has 0 saturated heterocycles. The highest BCUT2D eigenvalue weighted by atomic mass is 32.3. The Morgan fingerprint density at radius 2 is 1.76 bits per heavy atom. The SMILES string of the molecule is COc1cc(S(=O)OCCOS(=O)(=O)O)c(OC)cc1C. The molecule has 1 N–H and O–H groups in total. The summed E-state index contributed by atoms with van der Waals surface area (Å²) in [6, 6.07) is 3.15. The lowest BCUT2D eigenvalue weighted by atomic mass is 10.2. The first-order chi connectivity index (χ1) is 9.78. The second-order valence-electron chi connectivity index (χ2n) is 3.78. The topological polar surface area (TPSA) is 108 Å². The van der Waals surface area contributed by atoms with E-state index in [1.54, 1.807) is 13.0 Å². The number of aryl methyl sites for hydroxylation is 1. The van der Waals surface area contributed by atoms with Crippen LogP contribution < -0.4 is 9.47 Å². The molecule has 1 atom stereocenters. The van der Waals surface area contributed by atoms with Crippen molar-refractivity contribution in [2.45, 2.75) is 11.8 Å². The zero-order valence-electron chi connectivity index (χ0n) is 11.7. The molecule has 0 amide bonds. The average Bonchev–Trinajstić information content (AvgIpc) is 2.41. The van der Waals surface area contributed by atoms with Crippen LogP contribution in [0.4, 0.5) is 0 Å². The van der Waals surface area contributed by atoms with Crippen molar-refractivity contribution in [1.29, 1.82) is 0 Å². The van der Waals surface area contributed by atoms with Crippen LogP contribution in [0.1, 0.15) is 5.56 Å². The van der Waals surface area contributed by atoms with E-state index >= 15 is 0 Å². The van der Waals surface area contributed by atoms with E-state index in [1.807, 2.05) is 0 Å². The summed E-state index contributed by atoms with van der Waals surface area (Å²) in [7, 11) is -1.64. The Labute approximate surface area is 125 Å². The van der Waals surface area contributed by atoms with Gasteiger partial charge < -0.3 is 9.47 Å². The molecule has 1 aromatic rings. The number of ether oxygens (including phenoxy) is 2. The van der Waals surface area contributed by atoms with E-state index < -0.39 is 28.1 Å². The molecular formula is C11H16O8S2. The van der Waals surface area contributed by atoms with Crippen molar-refractivity contribution in [3.05, 3.63) is 17.7 Å². The minimum Gasteiger partial charge on any atom is -0.496 e. The zero-order valence-corrected chi connectivity index (χ0v) is 13.3. The highest BCUT2D eigenvalue weighted by Gasteiger charge is 2.16. The van der Waals surface area contributed by atoms with Gasteiger partial charge in [-0.25, -0.2) is 8.39 Å². The summed E-state index contributed by atoms with van der Waals surface area (Å²) in [5.74, 6) is 0.860. The van der Waals surface area contributed by atoms with Crippen molar-refractivity contribution in [3.63, 3.8) is 0 Å². The van der Waals surface area contributed by atoms with Gasteiger partial charge in [-0.3, -0.25) is 8.74 Å². The fourth-order valence-corrected chi connectivity index (χ4v) is 2.60. The van der Waals surface area contributed by atoms with Crippen LogP contribution in [0, 0.1) is 6.92 Å². The Balaban J connectivity index is 2.77. The quantitative estimate of drug-likeness (QED) is 0.548. The normalized spacial score (nSPS) is 13.0. The molecule has 1 aromatic carbocycles. The Morgan fingerprint density at radius 1 is 1.14 bits per heavy atom. The van der Waals surface area contributed by atoms with Gasteiger partial charge in [0, 0.05) is 6.07 Å². The molecule has 1 unspecified atom stereocenters. The molecule has 0 heterocycles. The maximum Gasteiger partial charge on any atom is 0.397 e. The molecule has 120 valence electrons. The van der Waals surface area contributed by atoms with Gasteiger partial charge in [0.2, 0.25) is 0 Å². The highest BCUT2D eigenvalue weighted by Crippen LogP contribution is 2.30. The minimum absolute atomic E-state index is 0.242. The minimum atomic E-state index is -4.54. The molecule has 8 nitrogen and oxygen atoms in total. The van der Waals surface area contributed by atoms with E-state index in [1.165, 1.54) is 20.3 Å². The number of hydrogen-bond donors (Lipinski definition) is 1. The van der Waals surface area contributed by atoms with Gasteiger partial charge in [0.05, 0.1) is 27.4 Å². The molecule has 0 radical (unpaired) electrons. The lowest BCUT2D eigenvalue weighted by Crippen LogP contribution is -2.11. The van der Waals surface area contributed by atoms with Gasteiger partial charge in [-0.15, -0.1) is 0 Å². The number of hydrogen-bond acceptors (Lipinski definition) is 7. The van der Waals surface area contributed by atoms with Gasteiger partial charge in [-0.2, -0.15) is 8.42 Å². The second kappa shape index (κ2) is 7.71. The molecule has 10 heteroatoms. The van der Waals surface area contributed by atoms with E-state index in [0.29, 0.717) is 11.5 Å². The fraction of sp³-hybridized carbons (Fsp3) is 0.455. The van der Waals surface area contributed by atoms with Crippen molar-refractivity contribution >= 4 is 21.5 Å². The zero-order chi connectivity index (χ0) is 16.0. The van der Waals surface area contributed by atoms with Gasteiger partial charge in [-0.1, -0.05) is 0 Å². The predicted molar refractivity (Wildman–Crippen MR) is 74.1 cm³/mol. The van der Waals surface area contributed by atoms with Crippen LogP contribution in [0.25, 0.3) is 0 Å². The molecule has 21 heavy (non-hydrogen) atoms. The van der Waals surface area contributed by atoms with Gasteiger partial charge in [0.1, 0.15) is 16.4 Å². The largest absolute Gasteiger partial charge is 0.496 e. The molecule has 0 fully saturated rings. The van der Waals surface area contributed by atoms with Crippen LogP contribution in [-0.2, 0) is 29.8 Å². The molecule has 0 aliphatic rings. The molecular weight excluding hydrogens is 324 g/mol. The summed E-state index contributed by atoms with van der Waals surface area (Å²) in [6.07, 6.45) is 0. The van der Waals surface area contributed by atoms with Gasteiger partial charge in [-0.05, 0) is 18.6 Å². The van der Waals surface area contributed by atoms with Crippen LogP contribution in [0.2, 0.25) is 0 Å². The van der Waals surface area contributed by atoms with Crippen LogP contribution in [0.3, 0.4) is 0 Å². The molecule has 0 spiro atoms. The van der Waals surface area contributed by atoms with Crippen molar-refractivity contribution in [1.82, 2.24) is 0 Å². The van der Waals surface area contributed by atoms with Crippen LogP contribution in [0.5, 0.6) is 11.5 Å². The van der Waals surface area contributed by atoms with E-state index in [9.17, 15) is 12.6 Å². The third kappa shape index (κ3) is 5.59. The predicted octanol–water partition coefficient (Wildman–Crippen LogP) is 0.871. The summed E-state index contributed by atoms with van der Waals surface area (Å²) < 4.78 is 60.3. The molecule has 0 aromatic heterocycles. The fourth-order valence-electron chi connectivity index (χ4n) is 1.47. The second-order valence-corrected chi connectivity index (χ2v) is 6.02. The Hall–Kier alpha value is -1.20. The summed E-state index contributed by atoms with van der Waals surface area (Å²) in [4.78, 5) is 0.242. The monoisotopic (exact) mass is 340 g/mol. The lowest BCUT2D eigenvalue weighted by molar-refractivity contribution is 0.211. The van der Waals surface area contributed by atoms with Crippen LogP contribution in [-0.4, -0.2) is 44.6 Å². The standard InChI is InChI=1S/C11H16O8S2/c1-8-6-10(17-3)11(7-9(8)16-2)20(12)18-4-5-19-21(13,14)15/h6-7H,4-5H2,1-3H3,(H,13,14,15). The average molecular weight is 340 g/mol. The summed E-state index contributed by atoms with van der Waals surface area (Å²) in [5.41, 5.74) is 0.796. The van der Waals surface area contributed by atoms with Crippen molar-refractivity contribution in [2.75, 3.05) is 27.4 Å². The Morgan fingerprint density at radius 3 is 2.29 bits per heavy atom. The van der Waals surface area contributed by atoms with Crippen LogP contribution in [0.15, 0.2) is 17.0 Å². The highest BCUT2D eigenvalue weighted by molar-refractivity contribution is 7.81. The maximum absolute atomic E-state index is 12.0. The van der Waals surface area contributed by atoms with Crippen molar-refractivity contribution in [3.8, 4) is 11.5 Å².